The van der Waals surface area contributed by atoms with E-state index in [1.165, 1.54) is 79.7 Å². The van der Waals surface area contributed by atoms with Crippen molar-refractivity contribution in [1.29, 1.82) is 0 Å². The number of para-hydroxylation sites is 4. The summed E-state index contributed by atoms with van der Waals surface area (Å²) in [6.45, 7) is 8.14. The Morgan fingerprint density at radius 1 is 0.583 bits per heavy atom. The third-order valence-electron chi connectivity index (χ3n) is 12.2. The van der Waals surface area contributed by atoms with Crippen molar-refractivity contribution in [3.63, 3.8) is 0 Å². The van der Waals surface area contributed by atoms with Gasteiger partial charge in [-0.15, -0.1) is 9.42 Å². The molecule has 4 atom stereocenters. The Balaban J connectivity index is 0.000000331. The van der Waals surface area contributed by atoms with Crippen molar-refractivity contribution in [1.82, 2.24) is 0 Å². The lowest BCUT2D eigenvalue weighted by atomic mass is 10.0. The lowest BCUT2D eigenvalue weighted by Crippen LogP contribution is -2.18. The lowest BCUT2D eigenvalue weighted by Gasteiger charge is -2.20. The van der Waals surface area contributed by atoms with Crippen molar-refractivity contribution in [2.45, 2.75) is 79.2 Å². The molecule has 0 amide bonds. The molecule has 7 aromatic rings. The molecule has 0 fully saturated rings. The van der Waals surface area contributed by atoms with Crippen LogP contribution in [0.2, 0.25) is 0 Å². The average Bonchev–Trinajstić information content (AvgIpc) is 0.877. The predicted molar refractivity (Wildman–Crippen MR) is 331 cm³/mol. The molecule has 0 saturated heterocycles. The molecule has 0 radical (unpaired) electrons. The summed E-state index contributed by atoms with van der Waals surface area (Å²) in [5.74, 6) is -0.350. The maximum Gasteiger partial charge on any atom is 0.695 e. The number of carbonyl (C=O) groups excluding carboxylic acids is 3. The van der Waals surface area contributed by atoms with Crippen LogP contribution in [0, 0.1) is 57.5 Å². The zero-order valence-corrected chi connectivity index (χ0v) is 53.2. The number of aryl methyl sites for hydroxylation is 1. The molecule has 0 aliphatic rings. The Kier molecular flexibility index (Phi) is 33.6. The first kappa shape index (κ1) is 80.1. The number of nitro benzene ring substituents is 5. The fourth-order valence-electron chi connectivity index (χ4n) is 7.71. The number of nitro groups is 5. The fraction of sp³-hybridized carbons (Fsp3) is 0.250. The minimum Gasteiger partial charge on any atom is -0.423 e. The summed E-state index contributed by atoms with van der Waals surface area (Å²) in [5, 5.41) is 62.7. The summed E-state index contributed by atoms with van der Waals surface area (Å²) < 4.78 is 82.9. The highest BCUT2D eigenvalue weighted by molar-refractivity contribution is 7.48. The highest BCUT2D eigenvalue weighted by Crippen LogP contribution is 2.53. The zero-order valence-electron chi connectivity index (χ0n) is 51.4. The van der Waals surface area contributed by atoms with E-state index in [1.54, 1.807) is 100 Å². The molecule has 0 aliphatic carbocycles. The first-order valence-corrected chi connectivity index (χ1v) is 30.2. The number of aliphatic hydroxyl groups is 1. The molecule has 512 valence electrons. The molecule has 2 N–H and O–H groups in total. The third kappa shape index (κ3) is 26.7. The van der Waals surface area contributed by atoms with E-state index >= 15 is 0 Å². The highest BCUT2D eigenvalue weighted by Gasteiger charge is 2.32. The van der Waals surface area contributed by atoms with E-state index in [0.29, 0.717) is 35.0 Å². The van der Waals surface area contributed by atoms with Gasteiger partial charge in [-0.25, -0.2) is 19.1 Å². The number of nitrogens with zero attached hydrogens (tertiary/aromatic N) is 5. The number of benzene rings is 7. The van der Waals surface area contributed by atoms with E-state index in [-0.39, 0.29) is 88.4 Å². The zero-order chi connectivity index (χ0) is 71.7. The molecule has 0 bridgehead atoms. The second-order valence-corrected chi connectivity index (χ2v) is 21.1. The molecule has 96 heavy (non-hydrogen) atoms. The third-order valence-corrected chi connectivity index (χ3v) is 14.2. The van der Waals surface area contributed by atoms with Crippen LogP contribution in [-0.4, -0.2) is 79.2 Å². The van der Waals surface area contributed by atoms with Crippen LogP contribution in [0.1, 0.15) is 117 Å². The number of halogens is 3. The van der Waals surface area contributed by atoms with E-state index in [2.05, 4.69) is 14.3 Å². The first-order valence-electron chi connectivity index (χ1n) is 27.6. The van der Waals surface area contributed by atoms with Crippen LogP contribution >= 0.6 is 16.1 Å². The van der Waals surface area contributed by atoms with E-state index in [9.17, 15) is 92.4 Å². The average molecular weight is 1390 g/mol. The molecular weight excluding hydrogens is 1330 g/mol. The molecule has 7 rings (SSSR count). The maximum absolute atomic E-state index is 12.8. The van der Waals surface area contributed by atoms with Gasteiger partial charge in [0, 0.05) is 34.9 Å². The number of aliphatic hydroxyl groups excluding tert-OH is 1. The molecule has 0 aromatic heterocycles. The first-order chi connectivity index (χ1) is 45.4. The normalized spacial score (nSPS) is 11.8. The van der Waals surface area contributed by atoms with Crippen LogP contribution in [-0.2, 0) is 55.1 Å². The topological polar surface area (TPSA) is 425 Å². The summed E-state index contributed by atoms with van der Waals surface area (Å²) in [5.41, 5.74) is 1.93. The van der Waals surface area contributed by atoms with Crippen molar-refractivity contribution in [2.24, 2.45) is 0 Å². The quantitative estimate of drug-likeness (QED) is 0.00874. The number of rotatable bonds is 28. The van der Waals surface area contributed by atoms with Crippen molar-refractivity contribution >= 4 is 63.1 Å². The number of ether oxygens (including phenoxy) is 1. The molecular formula is C60H61F3N5O26P2+. The number of alkyl halides is 3. The van der Waals surface area contributed by atoms with Gasteiger partial charge in [-0.1, -0.05) is 72.8 Å². The number of carbonyl (C=O) groups is 3. The van der Waals surface area contributed by atoms with E-state index < -0.39 is 77.8 Å². The number of hydrogen-bond donors (Lipinski definition) is 2. The molecule has 31 nitrogen and oxygen atoms in total. The molecule has 0 saturated carbocycles. The molecule has 36 heteroatoms. The van der Waals surface area contributed by atoms with Gasteiger partial charge in [0.1, 0.15) is 24.6 Å². The lowest BCUT2D eigenvalue weighted by molar-refractivity contribution is -0.390. The summed E-state index contributed by atoms with van der Waals surface area (Å²) >= 11 is 0. The number of phosphoric acid groups is 1. The highest BCUT2D eigenvalue weighted by atomic mass is 31.2. The monoisotopic (exact) mass is 1390 g/mol. The molecule has 0 spiro atoms. The van der Waals surface area contributed by atoms with Crippen LogP contribution in [0.3, 0.4) is 0 Å². The van der Waals surface area contributed by atoms with E-state index in [4.69, 9.17) is 33.0 Å². The van der Waals surface area contributed by atoms with Gasteiger partial charge in [0.05, 0.1) is 83.9 Å². The molecule has 0 aliphatic heterocycles. The Morgan fingerprint density at radius 3 is 1.54 bits per heavy atom. The maximum atomic E-state index is 12.8. The van der Waals surface area contributed by atoms with Crippen LogP contribution in [0.5, 0.6) is 11.5 Å². The smallest absolute Gasteiger partial charge is 0.423 e. The van der Waals surface area contributed by atoms with Gasteiger partial charge in [0.2, 0.25) is 0 Å². The van der Waals surface area contributed by atoms with E-state index in [0.717, 1.165) is 17.7 Å². The van der Waals surface area contributed by atoms with Crippen molar-refractivity contribution in [3.05, 3.63) is 258 Å². The van der Waals surface area contributed by atoms with Gasteiger partial charge in [-0.05, 0) is 113 Å². The Bertz CT molecular complexity index is 3860. The second-order valence-electron chi connectivity index (χ2n) is 18.7. The summed E-state index contributed by atoms with van der Waals surface area (Å²) in [6, 6.07) is 38.6. The summed E-state index contributed by atoms with van der Waals surface area (Å²) in [4.78, 5) is 112. The van der Waals surface area contributed by atoms with Crippen LogP contribution in [0.15, 0.2) is 158 Å². The van der Waals surface area contributed by atoms with Gasteiger partial charge < -0.3 is 14.7 Å². The predicted octanol–water partition coefficient (Wildman–Crippen LogP) is 14.7. The van der Waals surface area contributed by atoms with Gasteiger partial charge in [-0.2, -0.15) is 18.1 Å². The van der Waals surface area contributed by atoms with Gasteiger partial charge in [0.15, 0.2) is 24.9 Å². The van der Waals surface area contributed by atoms with Gasteiger partial charge in [-0.3, -0.25) is 73.7 Å². The fourth-order valence-corrected chi connectivity index (χ4v) is 9.29. The number of phosphoric ester groups is 1. The Labute approximate surface area is 544 Å². The minimum absolute atomic E-state index is 0.0106. The number of hydrogen-bond acceptors (Lipinski definition) is 25. The van der Waals surface area contributed by atoms with Crippen LogP contribution in [0.4, 0.5) is 41.6 Å². The van der Waals surface area contributed by atoms with Crippen LogP contribution in [0.25, 0.3) is 0 Å². The SMILES string of the molecule is CC(OOCC(F)(F)F)c1ccccc1[N+](=O)[O-].CCOP(=O)(OCC)OC(C)c1ccccc1[N+](=O)[O-].Cc1ccc(OOC(C)c2ccccc2C(=O)Oc2ccc([N+](=O)[O-])c(C=O)c2)cc1CO.O=Cc1ccccc1[N+](=O)[O-].O=[N+]([O-])c1ccccc1CO[P+](=O)O. The second kappa shape index (κ2) is 40.2. The van der Waals surface area contributed by atoms with Crippen molar-refractivity contribution in [3.8, 4) is 11.5 Å². The molecule has 4 unspecified atom stereocenters. The Morgan fingerprint density at radius 2 is 1.04 bits per heavy atom. The summed E-state index contributed by atoms with van der Waals surface area (Å²) in [7, 11) is -6.44. The van der Waals surface area contributed by atoms with Crippen LogP contribution < -0.4 is 9.62 Å². The van der Waals surface area contributed by atoms with Crippen molar-refractivity contribution < 1.29 is 114 Å². The van der Waals surface area contributed by atoms with Gasteiger partial charge in [0.25, 0.3) is 28.4 Å². The summed E-state index contributed by atoms with van der Waals surface area (Å²) in [6.07, 6.45) is -6.16. The van der Waals surface area contributed by atoms with Crippen molar-refractivity contribution in [2.75, 3.05) is 19.8 Å². The minimum atomic E-state index is -4.51. The largest absolute Gasteiger partial charge is 0.695 e. The standard InChI is InChI=1S/C24H21NO8.C12H18NO6P.C10H10F3NO4.C7H6NO5P.C7H5NO3/c1-15-7-8-20(11-17(15)13-26)33-32-16(2)21-5-3-4-6-22(21)24(28)31-19-9-10-23(25(29)30)18(12-19)14-27;1-4-17-20(16,18-5-2)19-10(3)11-8-6-7-9-12(11)13(14)15;1-7(18-17-6-10(11,12)13)8-4-2-3-5-9(8)14(15)16;9-8(10)7-4-2-1-3-6(7)5-13-14(11)12;9-5-6-3-1-2-4-7(6)8(10)11/h3-12,14,16,26H,13H2,1-2H3;6-10H,4-5H2,1-3H3;2-5,7H,6H2,1H3;1-4H,5H2;1-5H/p+1. The Hall–Kier alpha value is -10.1. The molecule has 0 heterocycles. The molecule has 7 aromatic carbocycles. The number of aldehydes is 2. The number of esters is 1. The van der Waals surface area contributed by atoms with E-state index in [1.807, 2.05) is 6.92 Å². The van der Waals surface area contributed by atoms with Gasteiger partial charge >= 0.3 is 28.2 Å².